The normalized spacial score (nSPS) is 16.4. The van der Waals surface area contributed by atoms with Crippen LogP contribution in [0.25, 0.3) is 0 Å². The van der Waals surface area contributed by atoms with Gasteiger partial charge in [-0.2, -0.15) is 0 Å². The molecule has 2 rings (SSSR count). The van der Waals surface area contributed by atoms with Crippen molar-refractivity contribution < 1.29 is 4.79 Å². The van der Waals surface area contributed by atoms with E-state index in [-0.39, 0.29) is 5.92 Å². The van der Waals surface area contributed by atoms with Crippen LogP contribution in [-0.2, 0) is 11.2 Å². The van der Waals surface area contributed by atoms with Gasteiger partial charge in [0.2, 0.25) is 5.91 Å². The standard InChI is InChI=1S/C18H28N2O/c1-3-17(4-2)18(21)20-14-12-19(13-15-20)11-10-16-8-6-5-7-9-16/h5-9,17H,3-4,10-15H2,1-2H3. The Balaban J connectivity index is 1.74. The summed E-state index contributed by atoms with van der Waals surface area (Å²) in [5, 5.41) is 0. The Morgan fingerprint density at radius 1 is 1.05 bits per heavy atom. The van der Waals surface area contributed by atoms with Crippen molar-refractivity contribution in [2.75, 3.05) is 32.7 Å². The molecule has 1 fully saturated rings. The van der Waals surface area contributed by atoms with E-state index in [2.05, 4.69) is 54.0 Å². The maximum atomic E-state index is 12.4. The minimum absolute atomic E-state index is 0.223. The van der Waals surface area contributed by atoms with Gasteiger partial charge in [-0.15, -0.1) is 0 Å². The van der Waals surface area contributed by atoms with Crippen LogP contribution in [-0.4, -0.2) is 48.4 Å². The van der Waals surface area contributed by atoms with Gasteiger partial charge in [0, 0.05) is 38.6 Å². The first-order chi connectivity index (χ1) is 10.2. The molecule has 1 heterocycles. The maximum Gasteiger partial charge on any atom is 0.225 e. The fraction of sp³-hybridized carbons (Fsp3) is 0.611. The third-order valence-corrected chi connectivity index (χ3v) is 4.58. The number of hydrogen-bond acceptors (Lipinski definition) is 2. The van der Waals surface area contributed by atoms with Crippen molar-refractivity contribution in [1.82, 2.24) is 9.80 Å². The topological polar surface area (TPSA) is 23.6 Å². The highest BCUT2D eigenvalue weighted by Crippen LogP contribution is 2.14. The fourth-order valence-electron chi connectivity index (χ4n) is 3.02. The molecule has 116 valence electrons. The van der Waals surface area contributed by atoms with E-state index in [4.69, 9.17) is 0 Å². The molecule has 1 saturated heterocycles. The molecule has 0 bridgehead atoms. The van der Waals surface area contributed by atoms with Gasteiger partial charge < -0.3 is 4.90 Å². The number of piperazine rings is 1. The van der Waals surface area contributed by atoms with Gasteiger partial charge >= 0.3 is 0 Å². The number of hydrogen-bond donors (Lipinski definition) is 0. The van der Waals surface area contributed by atoms with E-state index in [1.54, 1.807) is 0 Å². The zero-order valence-electron chi connectivity index (χ0n) is 13.4. The summed E-state index contributed by atoms with van der Waals surface area (Å²) in [5.41, 5.74) is 1.40. The number of carbonyl (C=O) groups excluding carboxylic acids is 1. The molecule has 0 radical (unpaired) electrons. The first-order valence-corrected chi connectivity index (χ1v) is 8.29. The lowest BCUT2D eigenvalue weighted by atomic mass is 10.0. The second kappa shape index (κ2) is 8.18. The SMILES string of the molecule is CCC(CC)C(=O)N1CCN(CCc2ccccc2)CC1. The van der Waals surface area contributed by atoms with Crippen LogP contribution >= 0.6 is 0 Å². The average molecular weight is 288 g/mol. The Labute approximate surface area is 128 Å². The van der Waals surface area contributed by atoms with E-state index >= 15 is 0 Å². The van der Waals surface area contributed by atoms with Crippen molar-refractivity contribution in [3.8, 4) is 0 Å². The minimum Gasteiger partial charge on any atom is -0.340 e. The number of benzene rings is 1. The lowest BCUT2D eigenvalue weighted by Crippen LogP contribution is -2.50. The average Bonchev–Trinajstić information content (AvgIpc) is 2.55. The molecule has 0 saturated carbocycles. The van der Waals surface area contributed by atoms with E-state index in [9.17, 15) is 4.79 Å². The van der Waals surface area contributed by atoms with Crippen molar-refractivity contribution in [2.24, 2.45) is 5.92 Å². The molecule has 1 aromatic carbocycles. The Bertz CT molecular complexity index is 420. The van der Waals surface area contributed by atoms with Gasteiger partial charge in [0.1, 0.15) is 0 Å². The molecule has 3 heteroatoms. The number of nitrogens with zero attached hydrogens (tertiary/aromatic N) is 2. The van der Waals surface area contributed by atoms with Crippen LogP contribution in [0.2, 0.25) is 0 Å². The molecule has 0 N–H and O–H groups in total. The Kier molecular flexibility index (Phi) is 6.24. The third kappa shape index (κ3) is 4.57. The molecule has 0 aromatic heterocycles. The molecular formula is C18H28N2O. The van der Waals surface area contributed by atoms with Crippen molar-refractivity contribution in [3.63, 3.8) is 0 Å². The van der Waals surface area contributed by atoms with Crippen molar-refractivity contribution in [1.29, 1.82) is 0 Å². The lowest BCUT2D eigenvalue weighted by Gasteiger charge is -2.36. The van der Waals surface area contributed by atoms with Gasteiger partial charge in [0.25, 0.3) is 0 Å². The molecule has 1 aliphatic rings. The summed E-state index contributed by atoms with van der Waals surface area (Å²) >= 11 is 0. The van der Waals surface area contributed by atoms with Crippen molar-refractivity contribution in [2.45, 2.75) is 33.1 Å². The van der Waals surface area contributed by atoms with Gasteiger partial charge in [0.15, 0.2) is 0 Å². The van der Waals surface area contributed by atoms with E-state index in [0.29, 0.717) is 5.91 Å². The van der Waals surface area contributed by atoms with Crippen LogP contribution in [0.15, 0.2) is 30.3 Å². The van der Waals surface area contributed by atoms with Gasteiger partial charge in [0.05, 0.1) is 0 Å². The second-order valence-corrected chi connectivity index (χ2v) is 5.92. The summed E-state index contributed by atoms with van der Waals surface area (Å²) in [5.74, 6) is 0.587. The van der Waals surface area contributed by atoms with Crippen LogP contribution in [0, 0.1) is 5.92 Å². The summed E-state index contributed by atoms with van der Waals surface area (Å²) in [6.45, 7) is 9.13. The minimum atomic E-state index is 0.223. The molecule has 0 aliphatic carbocycles. The number of amides is 1. The lowest BCUT2D eigenvalue weighted by molar-refractivity contribution is -0.137. The van der Waals surface area contributed by atoms with Crippen molar-refractivity contribution >= 4 is 5.91 Å². The highest BCUT2D eigenvalue weighted by molar-refractivity contribution is 5.78. The molecule has 0 unspecified atom stereocenters. The Morgan fingerprint density at radius 2 is 1.67 bits per heavy atom. The molecule has 1 aliphatic heterocycles. The Hall–Kier alpha value is -1.35. The molecule has 21 heavy (non-hydrogen) atoms. The summed E-state index contributed by atoms with van der Waals surface area (Å²) < 4.78 is 0. The van der Waals surface area contributed by atoms with Crippen LogP contribution in [0.5, 0.6) is 0 Å². The van der Waals surface area contributed by atoms with E-state index < -0.39 is 0 Å². The van der Waals surface area contributed by atoms with E-state index in [0.717, 1.165) is 52.0 Å². The number of rotatable bonds is 6. The molecule has 0 atom stereocenters. The fourth-order valence-corrected chi connectivity index (χ4v) is 3.02. The first-order valence-electron chi connectivity index (χ1n) is 8.29. The highest BCUT2D eigenvalue weighted by atomic mass is 16.2. The van der Waals surface area contributed by atoms with Crippen LogP contribution in [0.3, 0.4) is 0 Å². The van der Waals surface area contributed by atoms with Crippen LogP contribution < -0.4 is 0 Å². The Morgan fingerprint density at radius 3 is 2.24 bits per heavy atom. The van der Waals surface area contributed by atoms with Gasteiger partial charge in [-0.1, -0.05) is 44.2 Å². The first kappa shape index (κ1) is 16.0. The summed E-state index contributed by atoms with van der Waals surface area (Å²) in [6.07, 6.45) is 3.02. The molecule has 3 nitrogen and oxygen atoms in total. The summed E-state index contributed by atoms with van der Waals surface area (Å²) in [6, 6.07) is 10.6. The molecular weight excluding hydrogens is 260 g/mol. The van der Waals surface area contributed by atoms with Crippen molar-refractivity contribution in [3.05, 3.63) is 35.9 Å². The maximum absolute atomic E-state index is 12.4. The second-order valence-electron chi connectivity index (χ2n) is 5.92. The molecule has 1 amide bonds. The zero-order chi connectivity index (χ0) is 15.1. The van der Waals surface area contributed by atoms with Crippen LogP contribution in [0.4, 0.5) is 0 Å². The smallest absolute Gasteiger partial charge is 0.225 e. The van der Waals surface area contributed by atoms with Crippen LogP contribution in [0.1, 0.15) is 32.3 Å². The third-order valence-electron chi connectivity index (χ3n) is 4.58. The van der Waals surface area contributed by atoms with E-state index in [1.807, 2.05) is 0 Å². The van der Waals surface area contributed by atoms with Gasteiger partial charge in [-0.25, -0.2) is 0 Å². The van der Waals surface area contributed by atoms with Gasteiger partial charge in [-0.05, 0) is 24.8 Å². The summed E-state index contributed by atoms with van der Waals surface area (Å²) in [4.78, 5) is 16.9. The zero-order valence-corrected chi connectivity index (χ0v) is 13.4. The number of carbonyl (C=O) groups is 1. The quantitative estimate of drug-likeness (QED) is 0.803. The monoisotopic (exact) mass is 288 g/mol. The molecule has 0 spiro atoms. The van der Waals surface area contributed by atoms with Gasteiger partial charge in [-0.3, -0.25) is 9.69 Å². The predicted octanol–water partition coefficient (Wildman–Crippen LogP) is 2.81. The predicted molar refractivity (Wildman–Crippen MR) is 87.2 cm³/mol. The molecule has 1 aromatic rings. The highest BCUT2D eigenvalue weighted by Gasteiger charge is 2.25. The van der Waals surface area contributed by atoms with E-state index in [1.165, 1.54) is 5.56 Å². The largest absolute Gasteiger partial charge is 0.340 e. The summed E-state index contributed by atoms with van der Waals surface area (Å²) in [7, 11) is 0.